The Kier molecular flexibility index (Phi) is 8.24. The van der Waals surface area contributed by atoms with Crippen molar-refractivity contribution in [1.29, 1.82) is 0 Å². The van der Waals surface area contributed by atoms with Crippen molar-refractivity contribution < 1.29 is 0 Å². The summed E-state index contributed by atoms with van der Waals surface area (Å²) in [6.45, 7) is 0. The van der Waals surface area contributed by atoms with E-state index in [9.17, 15) is 0 Å². The van der Waals surface area contributed by atoms with Crippen LogP contribution < -0.4 is 0 Å². The molecule has 70 heavy (non-hydrogen) atoms. The zero-order valence-electron chi connectivity index (χ0n) is 38.3. The summed E-state index contributed by atoms with van der Waals surface area (Å²) in [4.78, 5) is 0. The molecule has 0 N–H and O–H groups in total. The van der Waals surface area contributed by atoms with Crippen molar-refractivity contribution in [1.82, 2.24) is 9.13 Å². The van der Waals surface area contributed by atoms with E-state index in [-0.39, 0.29) is 0 Å². The lowest BCUT2D eigenvalue weighted by molar-refractivity contribution is 0.739. The van der Waals surface area contributed by atoms with Gasteiger partial charge in [-0.15, -0.1) is 0 Å². The van der Waals surface area contributed by atoms with Crippen molar-refractivity contribution in [2.24, 2.45) is 0 Å². The van der Waals surface area contributed by atoms with Gasteiger partial charge in [-0.2, -0.15) is 0 Å². The minimum absolute atomic E-state index is 0.609. The van der Waals surface area contributed by atoms with E-state index in [0.29, 0.717) is 0 Å². The molecule has 0 aliphatic heterocycles. The average molecular weight is 889 g/mol. The largest absolute Gasteiger partial charge is 0.309 e. The van der Waals surface area contributed by atoms with Crippen LogP contribution in [0.4, 0.5) is 0 Å². The third-order valence-corrected chi connectivity index (χ3v) is 15.9. The lowest BCUT2D eigenvalue weighted by Crippen LogP contribution is -2.32. The van der Waals surface area contributed by atoms with Gasteiger partial charge in [0.1, 0.15) is 0 Å². The van der Waals surface area contributed by atoms with Gasteiger partial charge in [-0.25, -0.2) is 0 Å². The van der Waals surface area contributed by atoms with E-state index in [2.05, 4.69) is 276 Å². The van der Waals surface area contributed by atoms with Gasteiger partial charge in [0.15, 0.2) is 0 Å². The Morgan fingerprint density at radius 3 is 0.800 bits per heavy atom. The third kappa shape index (κ3) is 5.12. The standard InChI is InChI=1S/C68H44N2/c1-9-28-59-51(20-1)52-21-2-10-29-60(52)67(59,45-36-40-49(41-37-45)69-63-32-13-5-24-55(63)56-25-6-14-33-64(56)69)47-18-17-19-48(44-47)68(61-30-11-3-22-53(61)54-23-4-12-31-62(54)68)46-38-42-50(43-39-46)70-65-34-15-7-26-57(65)58-27-8-16-35-66(58)70/h1-44H. The predicted molar refractivity (Wildman–Crippen MR) is 290 cm³/mol. The molecule has 2 aliphatic carbocycles. The lowest BCUT2D eigenvalue weighted by Gasteiger charge is -2.37. The normalized spacial score (nSPS) is 13.9. The zero-order valence-corrected chi connectivity index (χ0v) is 38.3. The second-order valence-corrected chi connectivity index (χ2v) is 19.1. The highest BCUT2D eigenvalue weighted by atomic mass is 15.0. The number of nitrogens with zero attached hydrogens (tertiary/aromatic N) is 2. The Morgan fingerprint density at radius 1 is 0.214 bits per heavy atom. The summed E-state index contributed by atoms with van der Waals surface area (Å²) in [5, 5.41) is 5.05. The molecular formula is C68H44N2. The summed E-state index contributed by atoms with van der Waals surface area (Å²) in [6, 6.07) is 100. The number of aromatic nitrogens is 2. The fourth-order valence-corrected chi connectivity index (χ4v) is 13.2. The fourth-order valence-electron chi connectivity index (χ4n) is 13.2. The van der Waals surface area contributed by atoms with E-state index in [4.69, 9.17) is 0 Å². The minimum atomic E-state index is -0.609. The number of hydrogen-bond donors (Lipinski definition) is 0. The maximum absolute atomic E-state index is 2.56. The van der Waals surface area contributed by atoms with Gasteiger partial charge in [-0.05, 0) is 115 Å². The molecule has 0 atom stereocenters. The first-order valence-electron chi connectivity index (χ1n) is 24.4. The van der Waals surface area contributed by atoms with Crippen LogP contribution >= 0.6 is 0 Å². The molecule has 0 spiro atoms. The molecular weight excluding hydrogens is 845 g/mol. The van der Waals surface area contributed by atoms with E-state index >= 15 is 0 Å². The van der Waals surface area contributed by atoms with Gasteiger partial charge in [0.2, 0.25) is 0 Å². The van der Waals surface area contributed by atoms with Crippen molar-refractivity contribution in [3.63, 3.8) is 0 Å². The van der Waals surface area contributed by atoms with Gasteiger partial charge in [0, 0.05) is 32.9 Å². The highest BCUT2D eigenvalue weighted by molar-refractivity contribution is 6.10. The molecule has 11 aromatic carbocycles. The molecule has 2 aromatic heterocycles. The molecule has 326 valence electrons. The second kappa shape index (κ2) is 14.8. The van der Waals surface area contributed by atoms with Crippen molar-refractivity contribution in [2.75, 3.05) is 0 Å². The zero-order chi connectivity index (χ0) is 46.0. The van der Waals surface area contributed by atoms with E-state index < -0.39 is 10.8 Å². The first-order chi connectivity index (χ1) is 34.7. The highest BCUT2D eigenvalue weighted by Crippen LogP contribution is 2.59. The molecule has 0 fully saturated rings. The van der Waals surface area contributed by atoms with E-state index in [0.717, 1.165) is 11.4 Å². The number of fused-ring (bicyclic) bond motifs is 12. The topological polar surface area (TPSA) is 9.86 Å². The second-order valence-electron chi connectivity index (χ2n) is 19.1. The molecule has 0 saturated heterocycles. The molecule has 0 bridgehead atoms. The van der Waals surface area contributed by atoms with Gasteiger partial charge in [-0.1, -0.05) is 218 Å². The van der Waals surface area contributed by atoms with Crippen LogP contribution in [0, 0.1) is 0 Å². The van der Waals surface area contributed by atoms with Crippen LogP contribution in [-0.2, 0) is 10.8 Å². The third-order valence-electron chi connectivity index (χ3n) is 15.9. The summed E-state index contributed by atoms with van der Waals surface area (Å²) in [7, 11) is 0. The Morgan fingerprint density at radius 2 is 0.486 bits per heavy atom. The summed E-state index contributed by atoms with van der Waals surface area (Å²) in [5.41, 5.74) is 21.2. The molecule has 2 aliphatic rings. The molecule has 2 nitrogen and oxygen atoms in total. The van der Waals surface area contributed by atoms with Gasteiger partial charge >= 0.3 is 0 Å². The van der Waals surface area contributed by atoms with Gasteiger partial charge in [0.25, 0.3) is 0 Å². The van der Waals surface area contributed by atoms with Gasteiger partial charge in [-0.3, -0.25) is 0 Å². The van der Waals surface area contributed by atoms with Crippen LogP contribution in [0.5, 0.6) is 0 Å². The number of rotatable bonds is 6. The number of para-hydroxylation sites is 4. The molecule has 2 heteroatoms. The highest BCUT2D eigenvalue weighted by Gasteiger charge is 2.49. The van der Waals surface area contributed by atoms with Crippen molar-refractivity contribution in [3.05, 3.63) is 311 Å². The Bertz CT molecular complexity index is 3770. The minimum Gasteiger partial charge on any atom is -0.309 e. The van der Waals surface area contributed by atoms with Crippen LogP contribution in [0.15, 0.2) is 267 Å². The Hall–Kier alpha value is -8.98. The smallest absolute Gasteiger partial charge is 0.0713 e. The van der Waals surface area contributed by atoms with Crippen LogP contribution in [0.25, 0.3) is 77.2 Å². The van der Waals surface area contributed by atoms with Gasteiger partial charge in [0.05, 0.1) is 32.9 Å². The summed E-state index contributed by atoms with van der Waals surface area (Å²) < 4.78 is 4.84. The summed E-state index contributed by atoms with van der Waals surface area (Å²) in [5.74, 6) is 0. The molecule has 0 saturated carbocycles. The molecule has 0 unspecified atom stereocenters. The quantitative estimate of drug-likeness (QED) is 0.157. The van der Waals surface area contributed by atoms with Crippen LogP contribution in [-0.4, -0.2) is 9.13 Å². The maximum Gasteiger partial charge on any atom is 0.0713 e. The van der Waals surface area contributed by atoms with E-state index in [1.807, 2.05) is 0 Å². The van der Waals surface area contributed by atoms with Crippen molar-refractivity contribution >= 4 is 43.6 Å². The predicted octanol–water partition coefficient (Wildman–Crippen LogP) is 16.6. The number of hydrogen-bond acceptors (Lipinski definition) is 0. The first-order valence-corrected chi connectivity index (χ1v) is 24.4. The lowest BCUT2D eigenvalue weighted by atomic mass is 9.64. The Balaban J connectivity index is 0.972. The fraction of sp³-hybridized carbons (Fsp3) is 0.0294. The Labute approximate surface area is 406 Å². The average Bonchev–Trinajstić information content (AvgIpc) is 4.15. The summed E-state index contributed by atoms with van der Waals surface area (Å²) >= 11 is 0. The van der Waals surface area contributed by atoms with Crippen LogP contribution in [0.3, 0.4) is 0 Å². The molecule has 13 aromatic rings. The SMILES string of the molecule is c1cc(C2(c3ccc(-n4c5ccccc5c5ccccc54)cc3)c3ccccc3-c3ccccc32)cc(C2(c3ccc(-n4c5ccccc5c5ccccc54)cc3)c3ccccc3-c3ccccc32)c1. The molecule has 0 amide bonds. The van der Waals surface area contributed by atoms with Crippen LogP contribution in [0.1, 0.15) is 44.5 Å². The molecule has 15 rings (SSSR count). The van der Waals surface area contributed by atoms with Crippen LogP contribution in [0.2, 0.25) is 0 Å². The monoisotopic (exact) mass is 888 g/mol. The summed E-state index contributed by atoms with van der Waals surface area (Å²) in [6.07, 6.45) is 0. The van der Waals surface area contributed by atoms with E-state index in [1.165, 1.54) is 110 Å². The van der Waals surface area contributed by atoms with E-state index in [1.54, 1.807) is 0 Å². The van der Waals surface area contributed by atoms with Crippen molar-refractivity contribution in [2.45, 2.75) is 10.8 Å². The van der Waals surface area contributed by atoms with Crippen molar-refractivity contribution in [3.8, 4) is 33.6 Å². The number of benzene rings is 11. The maximum atomic E-state index is 2.56. The molecule has 2 heterocycles. The molecule has 0 radical (unpaired) electrons. The van der Waals surface area contributed by atoms with Gasteiger partial charge < -0.3 is 9.13 Å². The first kappa shape index (κ1) is 39.1.